The second kappa shape index (κ2) is 6.55. The highest BCUT2D eigenvalue weighted by Crippen LogP contribution is 2.29. The van der Waals surface area contributed by atoms with E-state index in [1.165, 1.54) is 0 Å². The van der Waals surface area contributed by atoms with Crippen molar-refractivity contribution in [1.29, 1.82) is 0 Å². The van der Waals surface area contributed by atoms with Gasteiger partial charge in [-0.3, -0.25) is 0 Å². The maximum atomic E-state index is 13.7. The van der Waals surface area contributed by atoms with Crippen molar-refractivity contribution in [2.75, 3.05) is 13.2 Å². The van der Waals surface area contributed by atoms with E-state index >= 15 is 0 Å². The van der Waals surface area contributed by atoms with Gasteiger partial charge in [0.2, 0.25) is 0 Å². The van der Waals surface area contributed by atoms with Crippen LogP contribution in [0.4, 0.5) is 4.39 Å². The second-order valence-corrected chi connectivity index (χ2v) is 4.68. The van der Waals surface area contributed by atoms with Gasteiger partial charge < -0.3 is 10.5 Å². The topological polar surface area (TPSA) is 35.2 Å². The fourth-order valence-corrected chi connectivity index (χ4v) is 1.75. The Morgan fingerprint density at radius 3 is 2.88 bits per heavy atom. The van der Waals surface area contributed by atoms with Crippen molar-refractivity contribution in [2.45, 2.75) is 19.4 Å². The lowest BCUT2D eigenvalue weighted by Gasteiger charge is -2.14. The minimum absolute atomic E-state index is 0.0587. The molecule has 1 atom stereocenters. The van der Waals surface area contributed by atoms with E-state index in [0.29, 0.717) is 23.2 Å². The van der Waals surface area contributed by atoms with Crippen molar-refractivity contribution in [3.63, 3.8) is 0 Å². The Morgan fingerprint density at radius 1 is 1.56 bits per heavy atom. The second-order valence-electron chi connectivity index (χ2n) is 3.45. The van der Waals surface area contributed by atoms with Crippen LogP contribution in [0.25, 0.3) is 0 Å². The molecule has 1 rings (SSSR count). The van der Waals surface area contributed by atoms with E-state index in [9.17, 15) is 4.39 Å². The van der Waals surface area contributed by atoms with Crippen LogP contribution in [-0.4, -0.2) is 13.2 Å². The number of halogens is 3. The van der Waals surface area contributed by atoms with Crippen LogP contribution < -0.4 is 5.73 Å². The van der Waals surface area contributed by atoms with E-state index in [1.807, 2.05) is 6.92 Å². The fraction of sp³-hybridized carbons (Fsp3) is 0.455. The smallest absolute Gasteiger partial charge is 0.147 e. The van der Waals surface area contributed by atoms with E-state index in [-0.39, 0.29) is 5.02 Å². The van der Waals surface area contributed by atoms with Crippen molar-refractivity contribution in [1.82, 2.24) is 0 Å². The molecular formula is C11H14BrClFNO. The molecule has 0 saturated carbocycles. The van der Waals surface area contributed by atoms with Crippen LogP contribution in [0.3, 0.4) is 0 Å². The number of benzene rings is 1. The van der Waals surface area contributed by atoms with Crippen LogP contribution in [0.2, 0.25) is 5.02 Å². The first-order chi connectivity index (χ1) is 7.57. The first-order valence-electron chi connectivity index (χ1n) is 5.04. The third-order valence-corrected chi connectivity index (χ3v) is 3.37. The van der Waals surface area contributed by atoms with Crippen molar-refractivity contribution < 1.29 is 9.13 Å². The molecule has 0 heterocycles. The molecule has 0 saturated heterocycles. The van der Waals surface area contributed by atoms with E-state index in [2.05, 4.69) is 15.9 Å². The molecule has 2 N–H and O–H groups in total. The molecule has 16 heavy (non-hydrogen) atoms. The lowest BCUT2D eigenvalue weighted by molar-refractivity contribution is 0.121. The Bertz CT molecular complexity index is 362. The molecule has 2 nitrogen and oxygen atoms in total. The summed E-state index contributed by atoms with van der Waals surface area (Å²) in [5.41, 5.74) is 6.20. The Labute approximate surface area is 108 Å². The van der Waals surface area contributed by atoms with E-state index in [1.54, 1.807) is 12.1 Å². The van der Waals surface area contributed by atoms with Crippen LogP contribution in [0.1, 0.15) is 24.9 Å². The molecular weight excluding hydrogens is 296 g/mol. The molecule has 1 aromatic rings. The number of hydrogen-bond acceptors (Lipinski definition) is 2. The lowest BCUT2D eigenvalue weighted by Crippen LogP contribution is -2.19. The molecule has 0 radical (unpaired) electrons. The molecule has 0 fully saturated rings. The Morgan fingerprint density at radius 2 is 2.25 bits per heavy atom. The summed E-state index contributed by atoms with van der Waals surface area (Å²) in [6.07, 6.45) is 0.913. The summed E-state index contributed by atoms with van der Waals surface area (Å²) >= 11 is 8.92. The molecule has 0 aliphatic rings. The molecule has 90 valence electrons. The van der Waals surface area contributed by atoms with E-state index < -0.39 is 11.9 Å². The fourth-order valence-electron chi connectivity index (χ4n) is 1.27. The third-order valence-electron chi connectivity index (χ3n) is 2.11. The van der Waals surface area contributed by atoms with Crippen molar-refractivity contribution in [2.24, 2.45) is 5.73 Å². The minimum atomic E-state index is -0.489. The van der Waals surface area contributed by atoms with Gasteiger partial charge in [0.1, 0.15) is 5.82 Å². The predicted octanol–water partition coefficient (Wildman–Crippen LogP) is 3.67. The summed E-state index contributed by atoms with van der Waals surface area (Å²) in [6, 6.07) is 2.81. The summed E-state index contributed by atoms with van der Waals surface area (Å²) in [5.74, 6) is -0.483. The quantitative estimate of drug-likeness (QED) is 0.665. The van der Waals surface area contributed by atoms with Gasteiger partial charge in [0, 0.05) is 16.6 Å². The summed E-state index contributed by atoms with van der Waals surface area (Å²) in [6.45, 7) is 2.92. The zero-order valence-electron chi connectivity index (χ0n) is 8.97. The molecule has 1 aromatic carbocycles. The molecule has 0 bridgehead atoms. The van der Waals surface area contributed by atoms with Gasteiger partial charge in [0.25, 0.3) is 0 Å². The maximum absolute atomic E-state index is 13.7. The molecule has 0 aliphatic heterocycles. The Kier molecular flexibility index (Phi) is 5.69. The zero-order chi connectivity index (χ0) is 12.1. The normalized spacial score (nSPS) is 12.8. The maximum Gasteiger partial charge on any atom is 0.147 e. The van der Waals surface area contributed by atoms with Gasteiger partial charge >= 0.3 is 0 Å². The van der Waals surface area contributed by atoms with Gasteiger partial charge in [-0.05, 0) is 28.4 Å². The molecule has 0 aromatic heterocycles. The summed E-state index contributed by atoms with van der Waals surface area (Å²) < 4.78 is 19.5. The molecule has 0 amide bonds. The zero-order valence-corrected chi connectivity index (χ0v) is 11.3. The first-order valence-corrected chi connectivity index (χ1v) is 6.21. The largest absolute Gasteiger partial charge is 0.379 e. The number of ether oxygens (including phenoxy) is 1. The van der Waals surface area contributed by atoms with Gasteiger partial charge in [-0.1, -0.05) is 24.6 Å². The van der Waals surface area contributed by atoms with Gasteiger partial charge in [-0.2, -0.15) is 0 Å². The highest BCUT2D eigenvalue weighted by molar-refractivity contribution is 9.10. The number of nitrogens with two attached hydrogens (primary N) is 1. The van der Waals surface area contributed by atoms with Crippen LogP contribution in [0.15, 0.2) is 16.6 Å². The first kappa shape index (κ1) is 13.9. The van der Waals surface area contributed by atoms with Crippen LogP contribution in [-0.2, 0) is 4.74 Å². The third kappa shape index (κ3) is 3.42. The SMILES string of the molecule is CCCOCC(N)c1ccc(Br)c(Cl)c1F. The van der Waals surface area contributed by atoms with Crippen LogP contribution >= 0.6 is 27.5 Å². The predicted molar refractivity (Wildman–Crippen MR) is 67.1 cm³/mol. The summed E-state index contributed by atoms with van der Waals surface area (Å²) in [5, 5.41) is 0.0587. The highest BCUT2D eigenvalue weighted by atomic mass is 79.9. The van der Waals surface area contributed by atoms with E-state index in [4.69, 9.17) is 22.1 Å². The van der Waals surface area contributed by atoms with Crippen molar-refractivity contribution in [3.05, 3.63) is 33.0 Å². The number of hydrogen-bond donors (Lipinski definition) is 1. The number of rotatable bonds is 5. The van der Waals surface area contributed by atoms with Gasteiger partial charge in [0.05, 0.1) is 17.7 Å². The monoisotopic (exact) mass is 309 g/mol. The van der Waals surface area contributed by atoms with Crippen molar-refractivity contribution >= 4 is 27.5 Å². The highest BCUT2D eigenvalue weighted by Gasteiger charge is 2.15. The lowest BCUT2D eigenvalue weighted by atomic mass is 10.1. The average molecular weight is 311 g/mol. The minimum Gasteiger partial charge on any atom is -0.379 e. The molecule has 0 spiro atoms. The molecule has 1 unspecified atom stereocenters. The Hall–Kier alpha value is -0.160. The average Bonchev–Trinajstić information content (AvgIpc) is 2.26. The van der Waals surface area contributed by atoms with Crippen molar-refractivity contribution in [3.8, 4) is 0 Å². The van der Waals surface area contributed by atoms with Gasteiger partial charge in [0.15, 0.2) is 0 Å². The van der Waals surface area contributed by atoms with Crippen LogP contribution in [0, 0.1) is 5.82 Å². The van der Waals surface area contributed by atoms with Gasteiger partial charge in [-0.15, -0.1) is 0 Å². The van der Waals surface area contributed by atoms with E-state index in [0.717, 1.165) is 6.42 Å². The standard InChI is InChI=1S/C11H14BrClFNO/c1-2-5-16-6-9(15)7-3-4-8(12)10(13)11(7)14/h3-4,9H,2,5-6,15H2,1H3. The molecule has 5 heteroatoms. The van der Waals surface area contributed by atoms with Gasteiger partial charge in [-0.25, -0.2) is 4.39 Å². The summed E-state index contributed by atoms with van der Waals surface area (Å²) in [7, 11) is 0. The molecule has 0 aliphatic carbocycles. The van der Waals surface area contributed by atoms with Crippen LogP contribution in [0.5, 0.6) is 0 Å². The Balaban J connectivity index is 2.76. The summed E-state index contributed by atoms with van der Waals surface area (Å²) in [4.78, 5) is 0.